The Hall–Kier alpha value is -2.37. The summed E-state index contributed by atoms with van der Waals surface area (Å²) in [4.78, 5) is 16.0. The van der Waals surface area contributed by atoms with Gasteiger partial charge in [0.05, 0.1) is 7.11 Å². The van der Waals surface area contributed by atoms with E-state index in [2.05, 4.69) is 63.3 Å². The van der Waals surface area contributed by atoms with Crippen molar-refractivity contribution in [3.05, 3.63) is 59.2 Å². The zero-order valence-electron chi connectivity index (χ0n) is 19.0. The van der Waals surface area contributed by atoms with Crippen LogP contribution in [0.15, 0.2) is 42.5 Å². The maximum absolute atomic E-state index is 13.0. The third-order valence-corrected chi connectivity index (χ3v) is 6.39. The van der Waals surface area contributed by atoms with E-state index in [1.165, 1.54) is 16.0 Å². The minimum atomic E-state index is -0.0489. The highest BCUT2D eigenvalue weighted by molar-refractivity contribution is 5.95. The molecule has 0 aliphatic carbocycles. The van der Waals surface area contributed by atoms with Crippen molar-refractivity contribution in [2.24, 2.45) is 0 Å². The highest BCUT2D eigenvalue weighted by Gasteiger charge is 2.31. The van der Waals surface area contributed by atoms with E-state index in [1.54, 1.807) is 12.0 Å². The number of para-hydroxylation sites is 1. The van der Waals surface area contributed by atoms with Gasteiger partial charge in [0.25, 0.3) is 5.91 Å². The van der Waals surface area contributed by atoms with Crippen molar-refractivity contribution in [2.75, 3.05) is 38.6 Å². The molecule has 1 atom stereocenters. The van der Waals surface area contributed by atoms with E-state index in [4.69, 9.17) is 4.74 Å². The third-order valence-electron chi connectivity index (χ3n) is 6.39. The fourth-order valence-electron chi connectivity index (χ4n) is 4.33. The molecule has 0 radical (unpaired) electrons. The van der Waals surface area contributed by atoms with Crippen molar-refractivity contribution >= 4 is 11.6 Å². The molecule has 30 heavy (non-hydrogen) atoms. The van der Waals surface area contributed by atoms with E-state index in [1.807, 2.05) is 12.1 Å². The van der Waals surface area contributed by atoms with E-state index in [9.17, 15) is 4.79 Å². The van der Waals surface area contributed by atoms with Gasteiger partial charge < -0.3 is 19.9 Å². The third kappa shape index (κ3) is 5.41. The molecule has 2 aromatic carbocycles. The average molecular weight is 412 g/mol. The molecule has 3 N–H and O–H groups in total. The average Bonchev–Trinajstić information content (AvgIpc) is 2.75. The molecule has 5 nitrogen and oxygen atoms in total. The van der Waals surface area contributed by atoms with Crippen LogP contribution in [0.25, 0.3) is 0 Å². The highest BCUT2D eigenvalue weighted by Crippen LogP contribution is 2.27. The zero-order chi connectivity index (χ0) is 21.7. The van der Waals surface area contributed by atoms with Crippen molar-refractivity contribution in [1.82, 2.24) is 0 Å². The molecule has 162 valence electrons. The van der Waals surface area contributed by atoms with Gasteiger partial charge in [-0.3, -0.25) is 4.79 Å². The Labute approximate surface area is 181 Å². The van der Waals surface area contributed by atoms with E-state index in [0.29, 0.717) is 5.92 Å². The minimum absolute atomic E-state index is 0.0489. The van der Waals surface area contributed by atoms with Crippen molar-refractivity contribution in [2.45, 2.75) is 46.2 Å². The molecule has 1 heterocycles. The molecule has 0 spiro atoms. The van der Waals surface area contributed by atoms with Crippen LogP contribution < -0.4 is 19.9 Å². The maximum Gasteiger partial charge on any atom is 0.282 e. The first kappa shape index (κ1) is 22.3. The summed E-state index contributed by atoms with van der Waals surface area (Å²) in [5.74, 6) is 1.41. The van der Waals surface area contributed by atoms with E-state index in [-0.39, 0.29) is 11.9 Å². The highest BCUT2D eigenvalue weighted by atomic mass is 16.5. The molecule has 2 aromatic rings. The molecule has 1 aliphatic heterocycles. The Balaban J connectivity index is 1.54. The molecule has 0 aromatic heterocycles. The summed E-state index contributed by atoms with van der Waals surface area (Å²) in [7, 11) is 1.70. The van der Waals surface area contributed by atoms with Crippen LogP contribution in [-0.2, 0) is 11.3 Å². The van der Waals surface area contributed by atoms with Gasteiger partial charge in [0.15, 0.2) is 6.04 Å². The Bertz CT molecular complexity index is 840. The second-order valence-corrected chi connectivity index (χ2v) is 8.84. The summed E-state index contributed by atoms with van der Waals surface area (Å²) in [5, 5.41) is 3.24. The van der Waals surface area contributed by atoms with E-state index >= 15 is 0 Å². The van der Waals surface area contributed by atoms with Crippen molar-refractivity contribution in [3.63, 3.8) is 0 Å². The molecule has 1 aliphatic rings. The molecule has 0 bridgehead atoms. The normalized spacial score (nSPS) is 20.1. The lowest BCUT2D eigenvalue weighted by atomic mass is 9.98. The van der Waals surface area contributed by atoms with E-state index in [0.717, 1.165) is 49.7 Å². The van der Waals surface area contributed by atoms with Gasteiger partial charge in [0.1, 0.15) is 38.5 Å². The molecule has 0 saturated carbocycles. The molecule has 1 saturated heterocycles. The van der Waals surface area contributed by atoms with Crippen molar-refractivity contribution in [1.29, 1.82) is 0 Å². The summed E-state index contributed by atoms with van der Waals surface area (Å²) < 4.78 is 5.24. The van der Waals surface area contributed by atoms with Crippen LogP contribution in [0.5, 0.6) is 5.75 Å². The number of rotatable bonds is 7. The number of nitrogens with one attached hydrogen (secondary N) is 3. The topological polar surface area (TPSA) is 47.2 Å². The van der Waals surface area contributed by atoms with Gasteiger partial charge in [-0.1, -0.05) is 32.0 Å². The van der Waals surface area contributed by atoms with Crippen LogP contribution in [0.4, 0.5) is 5.69 Å². The number of ether oxygens (including phenoxy) is 1. The van der Waals surface area contributed by atoms with Crippen LogP contribution in [0.3, 0.4) is 0 Å². The van der Waals surface area contributed by atoms with Crippen LogP contribution in [0.1, 0.15) is 43.4 Å². The van der Waals surface area contributed by atoms with Crippen molar-refractivity contribution < 1.29 is 19.3 Å². The number of quaternary nitrogens is 2. The molecule has 1 amide bonds. The second-order valence-electron chi connectivity index (χ2n) is 8.84. The van der Waals surface area contributed by atoms with Crippen molar-refractivity contribution in [3.8, 4) is 5.75 Å². The number of aryl methyl sites for hydroxylation is 1. The van der Waals surface area contributed by atoms with E-state index < -0.39 is 0 Å². The SMILES string of the molecule is COc1ccc(C[NH+]2CC[NH+]([C@@H](C)C(=O)Nc3c(C)cccc3C(C)C)CC2)cc1. The molecular weight excluding hydrogens is 374 g/mol. The monoisotopic (exact) mass is 411 g/mol. The van der Waals surface area contributed by atoms with Gasteiger partial charge in [-0.25, -0.2) is 0 Å². The van der Waals surface area contributed by atoms with Gasteiger partial charge in [0, 0.05) is 11.3 Å². The number of carbonyl (C=O) groups excluding carboxylic acids is 1. The number of amides is 1. The minimum Gasteiger partial charge on any atom is -0.497 e. The summed E-state index contributed by atoms with van der Waals surface area (Å²) in [6.07, 6.45) is 0. The number of anilines is 1. The Kier molecular flexibility index (Phi) is 7.51. The van der Waals surface area contributed by atoms with Crippen LogP contribution in [0, 0.1) is 6.92 Å². The largest absolute Gasteiger partial charge is 0.497 e. The lowest BCUT2D eigenvalue weighted by Crippen LogP contribution is -3.29. The Morgan fingerprint density at radius 2 is 1.70 bits per heavy atom. The van der Waals surface area contributed by atoms with Crippen LogP contribution in [-0.4, -0.2) is 45.2 Å². The number of benzene rings is 2. The number of piperazine rings is 1. The first-order chi connectivity index (χ1) is 14.4. The number of hydrogen-bond donors (Lipinski definition) is 3. The summed E-state index contributed by atoms with van der Waals surface area (Å²) in [5.41, 5.74) is 4.66. The Morgan fingerprint density at radius 1 is 1.03 bits per heavy atom. The summed E-state index contributed by atoms with van der Waals surface area (Å²) in [6, 6.07) is 14.6. The van der Waals surface area contributed by atoms with Crippen LogP contribution >= 0.6 is 0 Å². The molecule has 3 rings (SSSR count). The lowest BCUT2D eigenvalue weighted by Gasteiger charge is -2.33. The second kappa shape index (κ2) is 10.1. The van der Waals surface area contributed by atoms with Gasteiger partial charge in [0.2, 0.25) is 0 Å². The summed E-state index contributed by atoms with van der Waals surface area (Å²) in [6.45, 7) is 13.7. The quantitative estimate of drug-likeness (QED) is 0.646. The first-order valence-electron chi connectivity index (χ1n) is 11.1. The summed E-state index contributed by atoms with van der Waals surface area (Å²) >= 11 is 0. The molecular formula is C25H37N3O2+2. The van der Waals surface area contributed by atoms with Crippen LogP contribution in [0.2, 0.25) is 0 Å². The van der Waals surface area contributed by atoms with Gasteiger partial charge in [-0.15, -0.1) is 0 Å². The smallest absolute Gasteiger partial charge is 0.282 e. The predicted molar refractivity (Wildman–Crippen MR) is 121 cm³/mol. The number of methoxy groups -OCH3 is 1. The fourth-order valence-corrected chi connectivity index (χ4v) is 4.33. The zero-order valence-corrected chi connectivity index (χ0v) is 19.0. The first-order valence-corrected chi connectivity index (χ1v) is 11.1. The fraction of sp³-hybridized carbons (Fsp3) is 0.480. The van der Waals surface area contributed by atoms with Gasteiger partial charge in [-0.05, 0) is 55.2 Å². The van der Waals surface area contributed by atoms with Gasteiger partial charge >= 0.3 is 0 Å². The number of hydrogen-bond acceptors (Lipinski definition) is 2. The number of carbonyl (C=O) groups is 1. The standard InChI is InChI=1S/C25H35N3O2/c1-18(2)23-8-6-7-19(3)24(23)26-25(29)20(4)28-15-13-27(14-16-28)17-21-9-11-22(30-5)12-10-21/h6-12,18,20H,13-17H2,1-5H3,(H,26,29)/p+2/t20-/m0/s1. The molecule has 1 fully saturated rings. The lowest BCUT2D eigenvalue weighted by molar-refractivity contribution is -1.02. The Morgan fingerprint density at radius 3 is 2.30 bits per heavy atom. The molecule has 0 unspecified atom stereocenters. The van der Waals surface area contributed by atoms with Gasteiger partial charge in [-0.2, -0.15) is 0 Å². The molecule has 5 heteroatoms. The maximum atomic E-state index is 13.0. The predicted octanol–water partition coefficient (Wildman–Crippen LogP) is 1.44.